The van der Waals surface area contributed by atoms with Crippen LogP contribution in [0.5, 0.6) is 0 Å². The van der Waals surface area contributed by atoms with Crippen LogP contribution < -0.4 is 11.1 Å². The van der Waals surface area contributed by atoms with E-state index in [0.29, 0.717) is 6.42 Å². The Morgan fingerprint density at radius 2 is 1.00 bits per heavy atom. The number of hydrogen-bond donors (Lipinski definition) is 3. The summed E-state index contributed by atoms with van der Waals surface area (Å²) < 4.78 is 0. The number of aliphatic hydroxyl groups is 1. The van der Waals surface area contributed by atoms with Crippen molar-refractivity contribution in [3.8, 4) is 0 Å². The second-order valence-corrected chi connectivity index (χ2v) is 11.5. The van der Waals surface area contributed by atoms with E-state index in [2.05, 4.69) is 12.2 Å². The fourth-order valence-corrected chi connectivity index (χ4v) is 4.78. The first-order chi connectivity index (χ1) is 16.2. The first-order valence-corrected chi connectivity index (χ1v) is 15.0. The average molecular weight is 483 g/mol. The predicted octanol–water partition coefficient (Wildman–Crippen LogP) is 8.40. The molecule has 0 aromatic carbocycles. The molecule has 0 heterocycles. The second-order valence-electron chi connectivity index (χ2n) is 11.5. The lowest BCUT2D eigenvalue weighted by molar-refractivity contribution is -0.125. The lowest BCUT2D eigenvalue weighted by Gasteiger charge is -2.43. The van der Waals surface area contributed by atoms with E-state index in [0.717, 1.165) is 19.3 Å². The Bertz CT molecular complexity index is 471. The zero-order chi connectivity index (χ0) is 25.7. The van der Waals surface area contributed by atoms with Gasteiger partial charge in [0.25, 0.3) is 0 Å². The van der Waals surface area contributed by atoms with E-state index in [1.54, 1.807) is 6.92 Å². The summed E-state index contributed by atoms with van der Waals surface area (Å²) in [5.41, 5.74) is 4.02. The molecule has 0 bridgehead atoms. The SMILES string of the molecule is CCCCCCCCCCCCCCCCCCCCCC(=O)NC(CC)C(C)(C)C(C)(N)O. The van der Waals surface area contributed by atoms with Crippen LogP contribution in [0.15, 0.2) is 0 Å². The Labute approximate surface area is 213 Å². The molecule has 0 aromatic rings. The molecular weight excluding hydrogens is 420 g/mol. The maximum absolute atomic E-state index is 12.3. The highest BCUT2D eigenvalue weighted by atomic mass is 16.3. The van der Waals surface area contributed by atoms with Gasteiger partial charge in [-0.1, -0.05) is 143 Å². The molecule has 0 spiro atoms. The van der Waals surface area contributed by atoms with Crippen molar-refractivity contribution >= 4 is 5.91 Å². The molecule has 204 valence electrons. The number of hydrogen-bond acceptors (Lipinski definition) is 3. The van der Waals surface area contributed by atoms with Crippen LogP contribution in [0.3, 0.4) is 0 Å². The summed E-state index contributed by atoms with van der Waals surface area (Å²) >= 11 is 0. The van der Waals surface area contributed by atoms with Gasteiger partial charge in [-0.05, 0) is 19.8 Å². The summed E-state index contributed by atoms with van der Waals surface area (Å²) in [6, 6.07) is -0.125. The van der Waals surface area contributed by atoms with Gasteiger partial charge in [0, 0.05) is 17.9 Å². The largest absolute Gasteiger partial charge is 0.376 e. The summed E-state index contributed by atoms with van der Waals surface area (Å²) in [6.45, 7) is 9.75. The zero-order valence-electron chi connectivity index (χ0n) is 23.9. The molecule has 4 nitrogen and oxygen atoms in total. The van der Waals surface area contributed by atoms with Gasteiger partial charge in [-0.3, -0.25) is 4.79 Å². The van der Waals surface area contributed by atoms with Gasteiger partial charge in [-0.2, -0.15) is 0 Å². The van der Waals surface area contributed by atoms with Crippen molar-refractivity contribution < 1.29 is 9.90 Å². The molecule has 4 N–H and O–H groups in total. The molecule has 34 heavy (non-hydrogen) atoms. The van der Waals surface area contributed by atoms with Crippen LogP contribution in [-0.4, -0.2) is 22.8 Å². The Balaban J connectivity index is 3.49. The molecular formula is C30H62N2O2. The van der Waals surface area contributed by atoms with Crippen molar-refractivity contribution in [3.63, 3.8) is 0 Å². The minimum atomic E-state index is -1.33. The standard InChI is InChI=1S/C30H62N2O2/c1-6-8-9-10-11-12-13-14-15-16-17-18-19-20-21-22-23-24-25-26-28(33)32-27(7-2)29(3,4)30(5,31)34/h27,34H,6-26,31H2,1-5H3,(H,32,33). The minimum absolute atomic E-state index is 0.0798. The third-order valence-corrected chi connectivity index (χ3v) is 7.93. The van der Waals surface area contributed by atoms with Crippen LogP contribution in [0.1, 0.15) is 169 Å². The van der Waals surface area contributed by atoms with E-state index < -0.39 is 11.1 Å². The van der Waals surface area contributed by atoms with Crippen molar-refractivity contribution in [1.82, 2.24) is 5.32 Å². The van der Waals surface area contributed by atoms with E-state index >= 15 is 0 Å². The third kappa shape index (κ3) is 16.9. The molecule has 2 atom stereocenters. The van der Waals surface area contributed by atoms with E-state index in [1.807, 2.05) is 20.8 Å². The van der Waals surface area contributed by atoms with Gasteiger partial charge in [-0.25, -0.2) is 0 Å². The van der Waals surface area contributed by atoms with Crippen molar-refractivity contribution in [2.75, 3.05) is 0 Å². The highest BCUT2D eigenvalue weighted by molar-refractivity contribution is 5.76. The molecule has 0 aromatic heterocycles. The highest BCUT2D eigenvalue weighted by Crippen LogP contribution is 2.32. The Morgan fingerprint density at radius 3 is 1.29 bits per heavy atom. The monoisotopic (exact) mass is 482 g/mol. The van der Waals surface area contributed by atoms with Crippen molar-refractivity contribution in [1.29, 1.82) is 0 Å². The number of carbonyl (C=O) groups excluding carboxylic acids is 1. The molecule has 0 rings (SSSR count). The fourth-order valence-electron chi connectivity index (χ4n) is 4.78. The molecule has 0 aliphatic heterocycles. The number of nitrogens with two attached hydrogens (primary N) is 1. The van der Waals surface area contributed by atoms with Gasteiger partial charge < -0.3 is 16.2 Å². The molecule has 0 aliphatic rings. The normalized spacial score (nSPS) is 14.7. The van der Waals surface area contributed by atoms with Gasteiger partial charge in [0.2, 0.25) is 5.91 Å². The minimum Gasteiger partial charge on any atom is -0.376 e. The maximum atomic E-state index is 12.3. The fraction of sp³-hybridized carbons (Fsp3) is 0.967. The summed E-state index contributed by atoms with van der Waals surface area (Å²) in [4.78, 5) is 12.3. The van der Waals surface area contributed by atoms with Gasteiger partial charge in [0.1, 0.15) is 5.72 Å². The van der Waals surface area contributed by atoms with E-state index in [4.69, 9.17) is 5.73 Å². The molecule has 0 fully saturated rings. The lowest BCUT2D eigenvalue weighted by Crippen LogP contribution is -2.60. The van der Waals surface area contributed by atoms with Crippen LogP contribution >= 0.6 is 0 Å². The van der Waals surface area contributed by atoms with Crippen LogP contribution in [0, 0.1) is 5.41 Å². The summed E-state index contributed by atoms with van der Waals surface area (Å²) in [7, 11) is 0. The number of rotatable bonds is 24. The molecule has 4 heteroatoms. The molecule has 0 radical (unpaired) electrons. The van der Waals surface area contributed by atoms with Gasteiger partial charge in [0.05, 0.1) is 0 Å². The second kappa shape index (κ2) is 20.6. The molecule has 2 unspecified atom stereocenters. The number of carbonyl (C=O) groups is 1. The quantitative estimate of drug-likeness (QED) is 0.0954. The first-order valence-electron chi connectivity index (χ1n) is 15.0. The average Bonchev–Trinajstić information content (AvgIpc) is 2.78. The van der Waals surface area contributed by atoms with Gasteiger partial charge in [0.15, 0.2) is 0 Å². The Morgan fingerprint density at radius 1 is 0.676 bits per heavy atom. The Kier molecular flexibility index (Phi) is 20.2. The van der Waals surface area contributed by atoms with Crippen LogP contribution in [0.2, 0.25) is 0 Å². The first kappa shape index (κ1) is 33.4. The van der Waals surface area contributed by atoms with E-state index in [9.17, 15) is 9.90 Å². The molecule has 0 saturated heterocycles. The zero-order valence-corrected chi connectivity index (χ0v) is 23.9. The lowest BCUT2D eigenvalue weighted by atomic mass is 9.74. The van der Waals surface area contributed by atoms with Crippen molar-refractivity contribution in [2.45, 2.75) is 181 Å². The molecule has 0 saturated carbocycles. The van der Waals surface area contributed by atoms with Crippen molar-refractivity contribution in [3.05, 3.63) is 0 Å². The number of unbranched alkanes of at least 4 members (excludes halogenated alkanes) is 18. The Hall–Kier alpha value is -0.610. The topological polar surface area (TPSA) is 75.4 Å². The highest BCUT2D eigenvalue weighted by Gasteiger charge is 2.42. The number of amides is 1. The molecule has 0 aliphatic carbocycles. The maximum Gasteiger partial charge on any atom is 0.220 e. The molecule has 1 amide bonds. The summed E-state index contributed by atoms with van der Waals surface area (Å²) in [5.74, 6) is 0.0798. The van der Waals surface area contributed by atoms with E-state index in [-0.39, 0.29) is 11.9 Å². The summed E-state index contributed by atoms with van der Waals surface area (Å²) in [6.07, 6.45) is 27.1. The number of nitrogens with one attached hydrogen (secondary N) is 1. The van der Waals surface area contributed by atoms with Crippen LogP contribution in [-0.2, 0) is 4.79 Å². The van der Waals surface area contributed by atoms with Crippen molar-refractivity contribution in [2.24, 2.45) is 11.1 Å². The van der Waals surface area contributed by atoms with Gasteiger partial charge >= 0.3 is 0 Å². The van der Waals surface area contributed by atoms with Crippen LogP contribution in [0.4, 0.5) is 0 Å². The van der Waals surface area contributed by atoms with Gasteiger partial charge in [-0.15, -0.1) is 0 Å². The third-order valence-electron chi connectivity index (χ3n) is 7.93. The summed E-state index contributed by atoms with van der Waals surface area (Å²) in [5, 5.41) is 13.3. The van der Waals surface area contributed by atoms with E-state index in [1.165, 1.54) is 109 Å². The smallest absolute Gasteiger partial charge is 0.220 e. The predicted molar refractivity (Wildman–Crippen MR) is 149 cm³/mol. The van der Waals surface area contributed by atoms with Crippen LogP contribution in [0.25, 0.3) is 0 Å².